The van der Waals surface area contributed by atoms with Gasteiger partial charge in [-0.15, -0.1) is 0 Å². The quantitative estimate of drug-likeness (QED) is 0.541. The van der Waals surface area contributed by atoms with Gasteiger partial charge in [0.2, 0.25) is 5.91 Å². The number of Topliss-reactive ketones (excluding diaryl/α,β-unsaturated/α-hetero) is 1. The monoisotopic (exact) mass is 440 g/mol. The number of aryl methyl sites for hydroxylation is 1. The molecule has 0 unspecified atom stereocenters. The van der Waals surface area contributed by atoms with Gasteiger partial charge in [-0.3, -0.25) is 14.4 Å². The zero-order chi connectivity index (χ0) is 23.2. The van der Waals surface area contributed by atoms with Crippen LogP contribution in [0.3, 0.4) is 0 Å². The fraction of sp³-hybridized carbons (Fsp3) is 0.250. The summed E-state index contributed by atoms with van der Waals surface area (Å²) in [5, 5.41) is 0. The minimum Gasteiger partial charge on any atom is -0.339 e. The molecule has 0 atom stereocenters. The van der Waals surface area contributed by atoms with Crippen molar-refractivity contribution in [2.24, 2.45) is 0 Å². The summed E-state index contributed by atoms with van der Waals surface area (Å²) in [7, 11) is 0. The standard InChI is InChI=1S/C28H28N2O3/c1-21-7-5-6-10-26(21)28(33)30-17-15-29(16-18-30)27(32)20-25(31)19-22-11-13-24(14-12-22)23-8-3-2-4-9-23/h2-14H,15-20H2,1H3. The second-order valence-corrected chi connectivity index (χ2v) is 8.44. The average Bonchev–Trinajstić information content (AvgIpc) is 2.85. The molecule has 5 heteroatoms. The Balaban J connectivity index is 1.26. The van der Waals surface area contributed by atoms with Crippen molar-refractivity contribution in [3.63, 3.8) is 0 Å². The molecule has 1 aliphatic rings. The second-order valence-electron chi connectivity index (χ2n) is 8.44. The molecule has 0 aliphatic carbocycles. The summed E-state index contributed by atoms with van der Waals surface area (Å²) in [6, 6.07) is 25.5. The van der Waals surface area contributed by atoms with E-state index < -0.39 is 0 Å². The van der Waals surface area contributed by atoms with E-state index in [0.29, 0.717) is 31.7 Å². The fourth-order valence-corrected chi connectivity index (χ4v) is 4.16. The summed E-state index contributed by atoms with van der Waals surface area (Å²) in [4.78, 5) is 41.4. The Labute approximate surface area is 194 Å². The van der Waals surface area contributed by atoms with Gasteiger partial charge in [0.15, 0.2) is 0 Å². The van der Waals surface area contributed by atoms with Crippen molar-refractivity contribution in [3.8, 4) is 11.1 Å². The number of rotatable bonds is 6. The highest BCUT2D eigenvalue weighted by Gasteiger charge is 2.26. The minimum atomic E-state index is -0.163. The van der Waals surface area contributed by atoms with Gasteiger partial charge >= 0.3 is 0 Å². The van der Waals surface area contributed by atoms with Gasteiger partial charge in [0.1, 0.15) is 5.78 Å². The van der Waals surface area contributed by atoms with Crippen LogP contribution in [0.2, 0.25) is 0 Å². The lowest BCUT2D eigenvalue weighted by atomic mass is 10.0. The Morgan fingerprint density at radius 3 is 1.94 bits per heavy atom. The molecule has 0 radical (unpaired) electrons. The number of amides is 2. The molecule has 0 spiro atoms. The van der Waals surface area contributed by atoms with E-state index in [1.54, 1.807) is 9.80 Å². The maximum absolute atomic E-state index is 12.8. The molecule has 1 heterocycles. The van der Waals surface area contributed by atoms with Gasteiger partial charge in [0, 0.05) is 38.2 Å². The Bertz CT molecular complexity index is 1130. The number of benzene rings is 3. The van der Waals surface area contributed by atoms with Crippen LogP contribution >= 0.6 is 0 Å². The lowest BCUT2D eigenvalue weighted by Gasteiger charge is -2.35. The summed E-state index contributed by atoms with van der Waals surface area (Å²) in [6.07, 6.45) is 0.138. The first-order valence-electron chi connectivity index (χ1n) is 11.3. The minimum absolute atomic E-state index is 0.00442. The maximum atomic E-state index is 12.8. The van der Waals surface area contributed by atoms with Crippen molar-refractivity contribution in [1.82, 2.24) is 9.80 Å². The summed E-state index contributed by atoms with van der Waals surface area (Å²) in [6.45, 7) is 3.79. The molecular weight excluding hydrogens is 412 g/mol. The molecule has 2 amide bonds. The van der Waals surface area contributed by atoms with Crippen molar-refractivity contribution in [2.75, 3.05) is 26.2 Å². The maximum Gasteiger partial charge on any atom is 0.254 e. The molecular formula is C28H28N2O3. The van der Waals surface area contributed by atoms with Gasteiger partial charge in [-0.25, -0.2) is 0 Å². The van der Waals surface area contributed by atoms with Crippen LogP contribution in [0.4, 0.5) is 0 Å². The van der Waals surface area contributed by atoms with Crippen molar-refractivity contribution in [2.45, 2.75) is 19.8 Å². The van der Waals surface area contributed by atoms with Crippen molar-refractivity contribution < 1.29 is 14.4 Å². The van der Waals surface area contributed by atoms with Gasteiger partial charge in [0.25, 0.3) is 5.91 Å². The smallest absolute Gasteiger partial charge is 0.254 e. The molecule has 0 aromatic heterocycles. The van der Waals surface area contributed by atoms with Gasteiger partial charge < -0.3 is 9.80 Å². The van der Waals surface area contributed by atoms with Crippen LogP contribution in [0.25, 0.3) is 11.1 Å². The molecule has 3 aromatic carbocycles. The number of carbonyl (C=O) groups excluding carboxylic acids is 3. The third-order valence-corrected chi connectivity index (χ3v) is 6.11. The van der Waals surface area contributed by atoms with Crippen LogP contribution in [0, 0.1) is 6.92 Å². The fourth-order valence-electron chi connectivity index (χ4n) is 4.16. The molecule has 1 aliphatic heterocycles. The molecule has 0 bridgehead atoms. The largest absolute Gasteiger partial charge is 0.339 e. The predicted octanol–water partition coefficient (Wildman–Crippen LogP) is 4.15. The van der Waals surface area contributed by atoms with Crippen LogP contribution in [0.15, 0.2) is 78.9 Å². The molecule has 5 nitrogen and oxygen atoms in total. The Morgan fingerprint density at radius 1 is 0.697 bits per heavy atom. The average molecular weight is 441 g/mol. The number of piperazine rings is 1. The van der Waals surface area contributed by atoms with Crippen LogP contribution in [0.1, 0.15) is 27.9 Å². The van der Waals surface area contributed by atoms with Crippen molar-refractivity contribution in [3.05, 3.63) is 95.6 Å². The van der Waals surface area contributed by atoms with Gasteiger partial charge in [0.05, 0.1) is 6.42 Å². The highest BCUT2D eigenvalue weighted by Crippen LogP contribution is 2.20. The van der Waals surface area contributed by atoms with E-state index >= 15 is 0 Å². The SMILES string of the molecule is Cc1ccccc1C(=O)N1CCN(C(=O)CC(=O)Cc2ccc(-c3ccccc3)cc2)CC1. The molecule has 0 saturated carbocycles. The lowest BCUT2D eigenvalue weighted by Crippen LogP contribution is -2.51. The number of carbonyl (C=O) groups is 3. The zero-order valence-electron chi connectivity index (χ0n) is 18.9. The van der Waals surface area contributed by atoms with Gasteiger partial charge in [-0.1, -0.05) is 72.8 Å². The van der Waals surface area contributed by atoms with Gasteiger partial charge in [-0.2, -0.15) is 0 Å². The molecule has 168 valence electrons. The van der Waals surface area contributed by atoms with E-state index in [2.05, 4.69) is 0 Å². The summed E-state index contributed by atoms with van der Waals surface area (Å²) in [5.74, 6) is -0.259. The first-order chi connectivity index (χ1) is 16.0. The van der Waals surface area contributed by atoms with Gasteiger partial charge in [-0.05, 0) is 35.2 Å². The normalized spacial score (nSPS) is 13.6. The predicted molar refractivity (Wildman–Crippen MR) is 129 cm³/mol. The van der Waals surface area contributed by atoms with Crippen molar-refractivity contribution >= 4 is 17.6 Å². The van der Waals surface area contributed by atoms with E-state index in [1.165, 1.54) is 0 Å². The highest BCUT2D eigenvalue weighted by atomic mass is 16.2. The second kappa shape index (κ2) is 10.3. The van der Waals surface area contributed by atoms with E-state index in [0.717, 1.165) is 22.3 Å². The van der Waals surface area contributed by atoms with Crippen LogP contribution < -0.4 is 0 Å². The number of hydrogen-bond acceptors (Lipinski definition) is 3. The Morgan fingerprint density at radius 2 is 1.27 bits per heavy atom. The molecule has 33 heavy (non-hydrogen) atoms. The molecule has 3 aromatic rings. The van der Waals surface area contributed by atoms with Crippen molar-refractivity contribution in [1.29, 1.82) is 0 Å². The third kappa shape index (κ3) is 5.55. The Hall–Kier alpha value is -3.73. The summed E-state index contributed by atoms with van der Waals surface area (Å²) >= 11 is 0. The van der Waals surface area contributed by atoms with E-state index in [1.807, 2.05) is 85.8 Å². The van der Waals surface area contributed by atoms with Crippen LogP contribution in [-0.2, 0) is 16.0 Å². The Kier molecular flexibility index (Phi) is 6.98. The first-order valence-corrected chi connectivity index (χ1v) is 11.3. The molecule has 1 saturated heterocycles. The topological polar surface area (TPSA) is 57.7 Å². The van der Waals surface area contributed by atoms with E-state index in [-0.39, 0.29) is 30.4 Å². The molecule has 0 N–H and O–H groups in total. The summed E-state index contributed by atoms with van der Waals surface area (Å²) in [5.41, 5.74) is 4.78. The number of hydrogen-bond donors (Lipinski definition) is 0. The summed E-state index contributed by atoms with van der Waals surface area (Å²) < 4.78 is 0. The zero-order valence-corrected chi connectivity index (χ0v) is 18.9. The molecule has 1 fully saturated rings. The third-order valence-electron chi connectivity index (χ3n) is 6.11. The number of nitrogens with zero attached hydrogens (tertiary/aromatic N) is 2. The highest BCUT2D eigenvalue weighted by molar-refractivity contribution is 5.99. The molecule has 4 rings (SSSR count). The van der Waals surface area contributed by atoms with Crippen LogP contribution in [-0.4, -0.2) is 53.6 Å². The first kappa shape index (κ1) is 22.5. The van der Waals surface area contributed by atoms with E-state index in [4.69, 9.17) is 0 Å². The number of ketones is 1. The lowest BCUT2D eigenvalue weighted by molar-refractivity contribution is -0.136. The van der Waals surface area contributed by atoms with E-state index in [9.17, 15) is 14.4 Å². The van der Waals surface area contributed by atoms with Crippen LogP contribution in [0.5, 0.6) is 0 Å².